The van der Waals surface area contributed by atoms with Crippen LogP contribution in [-0.2, 0) is 0 Å². The summed E-state index contributed by atoms with van der Waals surface area (Å²) < 4.78 is 11.0. The summed E-state index contributed by atoms with van der Waals surface area (Å²) in [6.07, 6.45) is 0.287. The summed E-state index contributed by atoms with van der Waals surface area (Å²) in [6.45, 7) is 1.79. The molecule has 0 aliphatic rings. The number of benzene rings is 1. The first-order chi connectivity index (χ1) is 8.01. The van der Waals surface area contributed by atoms with E-state index < -0.39 is 0 Å². The van der Waals surface area contributed by atoms with Crippen LogP contribution in [0.25, 0.3) is 0 Å². The fourth-order valence-electron chi connectivity index (χ4n) is 1.52. The van der Waals surface area contributed by atoms with Gasteiger partial charge in [-0.3, -0.25) is 4.79 Å². The zero-order valence-corrected chi connectivity index (χ0v) is 11.7. The van der Waals surface area contributed by atoms with E-state index in [-0.39, 0.29) is 18.2 Å². The molecule has 2 N–H and O–H groups in total. The molecule has 0 aliphatic heterocycles. The van der Waals surface area contributed by atoms with Crippen LogP contribution in [0.15, 0.2) is 16.6 Å². The summed E-state index contributed by atoms with van der Waals surface area (Å²) in [4.78, 5) is 12.0. The Hall–Kier alpha value is -1.07. The highest BCUT2D eigenvalue weighted by Gasteiger charge is 2.18. The minimum absolute atomic E-state index is 0.0415. The summed E-state index contributed by atoms with van der Waals surface area (Å²) in [5, 5.41) is 0. The smallest absolute Gasteiger partial charge is 0.168 e. The number of Topliss-reactive ketones (excluding diaryl/α,β-unsaturated/α-hetero) is 1. The van der Waals surface area contributed by atoms with Crippen molar-refractivity contribution in [3.63, 3.8) is 0 Å². The average molecular weight is 302 g/mol. The maximum absolute atomic E-state index is 12.0. The van der Waals surface area contributed by atoms with Gasteiger partial charge in [0.1, 0.15) is 16.0 Å². The van der Waals surface area contributed by atoms with Crippen molar-refractivity contribution in [2.45, 2.75) is 19.4 Å². The van der Waals surface area contributed by atoms with E-state index in [1.807, 2.05) is 0 Å². The lowest BCUT2D eigenvalue weighted by Crippen LogP contribution is -2.20. The van der Waals surface area contributed by atoms with E-state index in [9.17, 15) is 4.79 Å². The molecule has 1 rings (SSSR count). The molecule has 5 heteroatoms. The molecule has 1 aromatic carbocycles. The monoisotopic (exact) mass is 301 g/mol. The minimum Gasteiger partial charge on any atom is -0.495 e. The quantitative estimate of drug-likeness (QED) is 0.848. The number of rotatable bonds is 5. The number of nitrogens with two attached hydrogens (primary N) is 1. The summed E-state index contributed by atoms with van der Waals surface area (Å²) in [5.74, 6) is 1.06. The van der Waals surface area contributed by atoms with Crippen LogP contribution >= 0.6 is 15.9 Å². The molecule has 1 aromatic rings. The van der Waals surface area contributed by atoms with Gasteiger partial charge in [0.05, 0.1) is 19.8 Å². The van der Waals surface area contributed by atoms with E-state index in [2.05, 4.69) is 15.9 Å². The summed E-state index contributed by atoms with van der Waals surface area (Å²) in [7, 11) is 3.07. The Morgan fingerprint density at radius 3 is 2.53 bits per heavy atom. The van der Waals surface area contributed by atoms with E-state index in [1.54, 1.807) is 26.2 Å². The molecule has 0 aromatic heterocycles. The molecule has 94 valence electrons. The van der Waals surface area contributed by atoms with Crippen LogP contribution in [0.5, 0.6) is 11.5 Å². The van der Waals surface area contributed by atoms with Crippen LogP contribution in [0.3, 0.4) is 0 Å². The Balaban J connectivity index is 3.16. The van der Waals surface area contributed by atoms with E-state index >= 15 is 0 Å². The lowest BCUT2D eigenvalue weighted by molar-refractivity contribution is 0.0973. The third kappa shape index (κ3) is 3.20. The van der Waals surface area contributed by atoms with Gasteiger partial charge in [0.2, 0.25) is 0 Å². The number of hydrogen-bond donors (Lipinski definition) is 1. The fraction of sp³-hybridized carbons (Fsp3) is 0.417. The fourth-order valence-corrected chi connectivity index (χ4v) is 2.19. The maximum Gasteiger partial charge on any atom is 0.168 e. The largest absolute Gasteiger partial charge is 0.495 e. The first kappa shape index (κ1) is 14.0. The number of hydrogen-bond acceptors (Lipinski definition) is 4. The highest BCUT2D eigenvalue weighted by atomic mass is 79.9. The van der Waals surface area contributed by atoms with Gasteiger partial charge in [-0.2, -0.15) is 0 Å². The minimum atomic E-state index is -0.173. The number of carbonyl (C=O) groups excluding carboxylic acids is 1. The first-order valence-electron chi connectivity index (χ1n) is 5.20. The van der Waals surface area contributed by atoms with Gasteiger partial charge in [0.25, 0.3) is 0 Å². The third-order valence-corrected chi connectivity index (χ3v) is 3.04. The van der Waals surface area contributed by atoms with Crippen LogP contribution in [0, 0.1) is 0 Å². The van der Waals surface area contributed by atoms with Crippen molar-refractivity contribution in [2.75, 3.05) is 14.2 Å². The molecule has 0 radical (unpaired) electrons. The average Bonchev–Trinajstić information content (AvgIpc) is 2.27. The Morgan fingerprint density at radius 1 is 1.41 bits per heavy atom. The van der Waals surface area contributed by atoms with Crippen molar-refractivity contribution < 1.29 is 14.3 Å². The second kappa shape index (κ2) is 6.02. The molecular weight excluding hydrogens is 286 g/mol. The van der Waals surface area contributed by atoms with Gasteiger partial charge in [-0.15, -0.1) is 0 Å². The van der Waals surface area contributed by atoms with Crippen molar-refractivity contribution >= 4 is 21.7 Å². The molecule has 0 bridgehead atoms. The number of halogens is 1. The number of carbonyl (C=O) groups is 1. The molecule has 0 saturated heterocycles. The molecule has 1 atom stereocenters. The van der Waals surface area contributed by atoms with Gasteiger partial charge in [-0.1, -0.05) is 0 Å². The van der Waals surface area contributed by atoms with Gasteiger partial charge in [0.15, 0.2) is 5.78 Å². The Kier molecular flexibility index (Phi) is 4.96. The topological polar surface area (TPSA) is 61.5 Å². The van der Waals surface area contributed by atoms with Gasteiger partial charge in [-0.25, -0.2) is 0 Å². The van der Waals surface area contributed by atoms with E-state index in [4.69, 9.17) is 15.2 Å². The van der Waals surface area contributed by atoms with Crippen LogP contribution in [0.1, 0.15) is 23.7 Å². The summed E-state index contributed by atoms with van der Waals surface area (Å²) in [5.41, 5.74) is 6.13. The van der Waals surface area contributed by atoms with Crippen molar-refractivity contribution in [2.24, 2.45) is 5.73 Å². The number of ketones is 1. The molecule has 17 heavy (non-hydrogen) atoms. The van der Waals surface area contributed by atoms with E-state index in [0.29, 0.717) is 21.5 Å². The molecule has 4 nitrogen and oxygen atoms in total. The maximum atomic E-state index is 12.0. The highest BCUT2D eigenvalue weighted by Crippen LogP contribution is 2.37. The normalized spacial score (nSPS) is 12.1. The van der Waals surface area contributed by atoms with Crippen LogP contribution in [-0.4, -0.2) is 26.0 Å². The molecule has 0 spiro atoms. The standard InChI is InChI=1S/C12H16BrNO3/c1-7(14)6-9(15)8-4-5-10(16-2)11(13)12(8)17-3/h4-5,7H,6,14H2,1-3H3. The Labute approximate surface area is 109 Å². The molecule has 0 amide bonds. The lowest BCUT2D eigenvalue weighted by atomic mass is 10.0. The van der Waals surface area contributed by atoms with Gasteiger partial charge in [0, 0.05) is 12.5 Å². The molecule has 0 aliphatic carbocycles. The summed E-state index contributed by atoms with van der Waals surface area (Å²) in [6, 6.07) is 3.24. The van der Waals surface area contributed by atoms with Crippen LogP contribution < -0.4 is 15.2 Å². The first-order valence-corrected chi connectivity index (χ1v) is 5.99. The van der Waals surface area contributed by atoms with Crippen molar-refractivity contribution in [3.8, 4) is 11.5 Å². The van der Waals surface area contributed by atoms with Gasteiger partial charge >= 0.3 is 0 Å². The van der Waals surface area contributed by atoms with Crippen LogP contribution in [0.4, 0.5) is 0 Å². The van der Waals surface area contributed by atoms with E-state index in [0.717, 1.165) is 0 Å². The Morgan fingerprint density at radius 2 is 2.06 bits per heavy atom. The molecule has 0 fully saturated rings. The van der Waals surface area contributed by atoms with Crippen LogP contribution in [0.2, 0.25) is 0 Å². The SMILES string of the molecule is COc1ccc(C(=O)CC(C)N)c(OC)c1Br. The molecular formula is C12H16BrNO3. The molecule has 0 heterocycles. The number of methoxy groups -OCH3 is 2. The second-order valence-corrected chi connectivity index (χ2v) is 4.56. The number of ether oxygens (including phenoxy) is 2. The van der Waals surface area contributed by atoms with Crippen molar-refractivity contribution in [1.29, 1.82) is 0 Å². The lowest BCUT2D eigenvalue weighted by Gasteiger charge is -2.13. The Bertz CT molecular complexity index is 418. The molecule has 1 unspecified atom stereocenters. The predicted molar refractivity (Wildman–Crippen MR) is 69.8 cm³/mol. The zero-order valence-electron chi connectivity index (χ0n) is 10.1. The zero-order chi connectivity index (χ0) is 13.0. The van der Waals surface area contributed by atoms with Crippen molar-refractivity contribution in [3.05, 3.63) is 22.2 Å². The third-order valence-electron chi connectivity index (χ3n) is 2.29. The van der Waals surface area contributed by atoms with Gasteiger partial charge in [-0.05, 0) is 35.0 Å². The van der Waals surface area contributed by atoms with E-state index in [1.165, 1.54) is 7.11 Å². The summed E-state index contributed by atoms with van der Waals surface area (Å²) >= 11 is 3.35. The predicted octanol–water partition coefficient (Wildman–Crippen LogP) is 2.39. The second-order valence-electron chi connectivity index (χ2n) is 3.77. The van der Waals surface area contributed by atoms with Gasteiger partial charge < -0.3 is 15.2 Å². The molecule has 0 saturated carbocycles. The highest BCUT2D eigenvalue weighted by molar-refractivity contribution is 9.10. The van der Waals surface area contributed by atoms with Crippen molar-refractivity contribution in [1.82, 2.24) is 0 Å².